The van der Waals surface area contributed by atoms with Crippen LogP contribution in [0.3, 0.4) is 0 Å². The Kier molecular flexibility index (Phi) is 4.28. The van der Waals surface area contributed by atoms with Crippen molar-refractivity contribution in [1.29, 1.82) is 0 Å². The van der Waals surface area contributed by atoms with Gasteiger partial charge in [0.25, 0.3) is 0 Å². The fourth-order valence-electron chi connectivity index (χ4n) is 2.13. The second kappa shape index (κ2) is 5.64. The van der Waals surface area contributed by atoms with Gasteiger partial charge in [-0.15, -0.1) is 13.2 Å². The van der Waals surface area contributed by atoms with Gasteiger partial charge in [-0.3, -0.25) is 0 Å². The second-order valence-corrected chi connectivity index (χ2v) is 5.94. The van der Waals surface area contributed by atoms with Gasteiger partial charge >= 0.3 is 6.36 Å². The Hall–Kier alpha value is -1.23. The van der Waals surface area contributed by atoms with Gasteiger partial charge in [0.15, 0.2) is 0 Å². The van der Waals surface area contributed by atoms with Gasteiger partial charge in [-0.25, -0.2) is 0 Å². The van der Waals surface area contributed by atoms with Crippen molar-refractivity contribution in [3.8, 4) is 5.75 Å². The average Bonchev–Trinajstić information content (AvgIpc) is 3.11. The van der Waals surface area contributed by atoms with Crippen molar-refractivity contribution < 1.29 is 17.9 Å². The number of alkyl halides is 3. The minimum absolute atomic E-state index is 0.154. The smallest absolute Gasteiger partial charge is 0.406 e. The van der Waals surface area contributed by atoms with Crippen molar-refractivity contribution >= 4 is 0 Å². The van der Waals surface area contributed by atoms with Gasteiger partial charge in [-0.2, -0.15) is 0 Å². The molecule has 2 nitrogen and oxygen atoms in total. The Balaban J connectivity index is 1.99. The molecule has 1 aliphatic rings. The summed E-state index contributed by atoms with van der Waals surface area (Å²) in [5.74, 6) is -0.154. The first-order valence-electron chi connectivity index (χ1n) is 6.86. The summed E-state index contributed by atoms with van der Waals surface area (Å²) in [4.78, 5) is 0. The van der Waals surface area contributed by atoms with Crippen molar-refractivity contribution in [2.24, 2.45) is 0 Å². The molecule has 0 saturated heterocycles. The third-order valence-electron chi connectivity index (χ3n) is 3.61. The van der Waals surface area contributed by atoms with Crippen molar-refractivity contribution in [3.05, 3.63) is 29.8 Å². The van der Waals surface area contributed by atoms with Crippen LogP contribution in [0.4, 0.5) is 13.2 Å². The standard InChI is InChI=1S/C15H20F3NO/c1-14(2,8-9-19-12-6-7-12)11-4-3-5-13(10-11)20-15(16,17)18/h3-5,10,12,19H,6-9H2,1-2H3. The molecule has 0 spiro atoms. The number of hydrogen-bond donors (Lipinski definition) is 1. The van der Waals surface area contributed by atoms with Gasteiger partial charge in [0.1, 0.15) is 5.75 Å². The van der Waals surface area contributed by atoms with Crippen LogP contribution in [0.1, 0.15) is 38.7 Å². The van der Waals surface area contributed by atoms with Crippen LogP contribution in [-0.2, 0) is 5.41 Å². The predicted octanol–water partition coefficient (Wildman–Crippen LogP) is 4.00. The van der Waals surface area contributed by atoms with Gasteiger partial charge < -0.3 is 10.1 Å². The summed E-state index contributed by atoms with van der Waals surface area (Å²) in [5, 5.41) is 3.42. The Morgan fingerprint density at radius 1 is 1.25 bits per heavy atom. The Bertz CT molecular complexity index is 453. The molecule has 0 aliphatic heterocycles. The monoisotopic (exact) mass is 287 g/mol. The minimum atomic E-state index is -4.64. The molecule has 1 aliphatic carbocycles. The van der Waals surface area contributed by atoms with Gasteiger partial charge in [0.05, 0.1) is 0 Å². The third kappa shape index (κ3) is 4.71. The fraction of sp³-hybridized carbons (Fsp3) is 0.600. The number of ether oxygens (including phenoxy) is 1. The molecule has 1 fully saturated rings. The summed E-state index contributed by atoms with van der Waals surface area (Å²) < 4.78 is 40.7. The van der Waals surface area contributed by atoms with E-state index in [0.717, 1.165) is 18.5 Å². The van der Waals surface area contributed by atoms with E-state index < -0.39 is 6.36 Å². The zero-order valence-corrected chi connectivity index (χ0v) is 11.8. The van der Waals surface area contributed by atoms with Crippen molar-refractivity contribution in [3.63, 3.8) is 0 Å². The van der Waals surface area contributed by atoms with Crippen LogP contribution in [0.25, 0.3) is 0 Å². The lowest BCUT2D eigenvalue weighted by molar-refractivity contribution is -0.274. The van der Waals surface area contributed by atoms with Crippen LogP contribution in [0.2, 0.25) is 0 Å². The molecule has 0 atom stereocenters. The summed E-state index contributed by atoms with van der Waals surface area (Å²) in [6, 6.07) is 6.90. The Morgan fingerprint density at radius 3 is 2.55 bits per heavy atom. The summed E-state index contributed by atoms with van der Waals surface area (Å²) in [6.45, 7) is 4.95. The highest BCUT2D eigenvalue weighted by molar-refractivity contribution is 5.33. The van der Waals surface area contributed by atoms with Crippen molar-refractivity contribution in [2.45, 2.75) is 50.9 Å². The van der Waals surface area contributed by atoms with E-state index in [1.807, 2.05) is 19.9 Å². The van der Waals surface area contributed by atoms with Crippen LogP contribution in [0, 0.1) is 0 Å². The second-order valence-electron chi connectivity index (χ2n) is 5.94. The van der Waals surface area contributed by atoms with E-state index in [9.17, 15) is 13.2 Å². The van der Waals surface area contributed by atoms with Crippen LogP contribution >= 0.6 is 0 Å². The van der Waals surface area contributed by atoms with Gasteiger partial charge in [0.2, 0.25) is 0 Å². The molecule has 0 unspecified atom stereocenters. The number of rotatable bonds is 6. The molecule has 1 saturated carbocycles. The van der Waals surface area contributed by atoms with Crippen LogP contribution in [0.5, 0.6) is 5.75 Å². The molecule has 1 aromatic carbocycles. The molecule has 5 heteroatoms. The van der Waals surface area contributed by atoms with Crippen LogP contribution in [-0.4, -0.2) is 18.9 Å². The van der Waals surface area contributed by atoms with E-state index in [1.54, 1.807) is 6.07 Å². The predicted molar refractivity (Wildman–Crippen MR) is 71.8 cm³/mol. The van der Waals surface area contributed by atoms with Crippen LogP contribution in [0.15, 0.2) is 24.3 Å². The van der Waals surface area contributed by atoms with E-state index in [0.29, 0.717) is 6.04 Å². The quantitative estimate of drug-likeness (QED) is 0.853. The molecule has 1 aromatic rings. The molecule has 0 amide bonds. The van der Waals surface area contributed by atoms with E-state index in [-0.39, 0.29) is 11.2 Å². The number of nitrogens with one attached hydrogen (secondary N) is 1. The summed E-state index contributed by atoms with van der Waals surface area (Å²) in [6.07, 6.45) is -1.31. The minimum Gasteiger partial charge on any atom is -0.406 e. The summed E-state index contributed by atoms with van der Waals surface area (Å²) in [5.41, 5.74) is 0.671. The lowest BCUT2D eigenvalue weighted by Gasteiger charge is -2.26. The van der Waals surface area contributed by atoms with Crippen molar-refractivity contribution in [2.75, 3.05) is 6.54 Å². The SMILES string of the molecule is CC(C)(CCNC1CC1)c1cccc(OC(F)(F)F)c1. The van der Waals surface area contributed by atoms with Gasteiger partial charge in [0, 0.05) is 6.04 Å². The van der Waals surface area contributed by atoms with Gasteiger partial charge in [-0.1, -0.05) is 26.0 Å². The highest BCUT2D eigenvalue weighted by atomic mass is 19.4. The highest BCUT2D eigenvalue weighted by Gasteiger charge is 2.31. The highest BCUT2D eigenvalue weighted by Crippen LogP contribution is 2.31. The summed E-state index contributed by atoms with van der Waals surface area (Å²) in [7, 11) is 0. The molecule has 0 radical (unpaired) electrons. The Morgan fingerprint density at radius 2 is 1.95 bits per heavy atom. The molecule has 20 heavy (non-hydrogen) atoms. The van der Waals surface area contributed by atoms with Crippen LogP contribution < -0.4 is 10.1 Å². The molecular weight excluding hydrogens is 267 g/mol. The van der Waals surface area contributed by atoms with E-state index in [4.69, 9.17) is 0 Å². The largest absolute Gasteiger partial charge is 0.573 e. The number of halogens is 3. The lowest BCUT2D eigenvalue weighted by atomic mass is 9.81. The normalized spacial score (nSPS) is 16.2. The lowest BCUT2D eigenvalue weighted by Crippen LogP contribution is -2.26. The molecule has 2 rings (SSSR count). The molecule has 0 heterocycles. The van der Waals surface area contributed by atoms with E-state index in [1.165, 1.54) is 25.0 Å². The van der Waals surface area contributed by atoms with E-state index >= 15 is 0 Å². The molecule has 0 bridgehead atoms. The number of benzene rings is 1. The first-order chi connectivity index (χ1) is 9.26. The maximum absolute atomic E-state index is 12.2. The summed E-state index contributed by atoms with van der Waals surface area (Å²) >= 11 is 0. The first kappa shape index (κ1) is 15.2. The molecular formula is C15H20F3NO. The average molecular weight is 287 g/mol. The van der Waals surface area contributed by atoms with Gasteiger partial charge in [-0.05, 0) is 48.9 Å². The maximum atomic E-state index is 12.2. The maximum Gasteiger partial charge on any atom is 0.573 e. The topological polar surface area (TPSA) is 21.3 Å². The Labute approximate surface area is 117 Å². The zero-order valence-electron chi connectivity index (χ0n) is 11.8. The van der Waals surface area contributed by atoms with Crippen molar-refractivity contribution in [1.82, 2.24) is 5.32 Å². The molecule has 0 aromatic heterocycles. The first-order valence-corrected chi connectivity index (χ1v) is 6.86. The molecule has 112 valence electrons. The molecule has 1 N–H and O–H groups in total. The zero-order chi connectivity index (χ0) is 14.8. The number of hydrogen-bond acceptors (Lipinski definition) is 2. The fourth-order valence-corrected chi connectivity index (χ4v) is 2.13. The third-order valence-corrected chi connectivity index (χ3v) is 3.61. The van der Waals surface area contributed by atoms with E-state index in [2.05, 4.69) is 10.1 Å².